The summed E-state index contributed by atoms with van der Waals surface area (Å²) in [6.45, 7) is 0.164. The van der Waals surface area contributed by atoms with Crippen LogP contribution in [0.15, 0.2) is 90.1 Å². The van der Waals surface area contributed by atoms with Crippen LogP contribution in [0.1, 0.15) is 21.7 Å². The minimum absolute atomic E-state index is 0.164. The number of ether oxygens (including phenoxy) is 1. The Balaban J connectivity index is 1.40. The van der Waals surface area contributed by atoms with Gasteiger partial charge in [0.2, 0.25) is 0 Å². The van der Waals surface area contributed by atoms with Gasteiger partial charge in [0.25, 0.3) is 5.91 Å². The van der Waals surface area contributed by atoms with Gasteiger partial charge in [-0.05, 0) is 58.8 Å². The lowest BCUT2D eigenvalue weighted by atomic mass is 10.1. The number of carbonyl (C=O) groups is 1. The molecule has 0 aliphatic heterocycles. The second-order valence-corrected chi connectivity index (χ2v) is 10.0. The molecule has 0 radical (unpaired) electrons. The number of aromatic nitrogens is 3. The molecule has 1 amide bonds. The number of carbonyl (C=O) groups excluding carboxylic acids is 1. The van der Waals surface area contributed by atoms with E-state index in [1.54, 1.807) is 19.2 Å². The number of benzene rings is 4. The van der Waals surface area contributed by atoms with Crippen molar-refractivity contribution in [3.63, 3.8) is 0 Å². The average Bonchev–Trinajstić information content (AvgIpc) is 3.32. The Morgan fingerprint density at radius 2 is 1.78 bits per heavy atom. The van der Waals surface area contributed by atoms with Gasteiger partial charge in [-0.2, -0.15) is 0 Å². The Bertz CT molecular complexity index is 1590. The van der Waals surface area contributed by atoms with Gasteiger partial charge < -0.3 is 10.1 Å². The number of amides is 1. The van der Waals surface area contributed by atoms with Crippen LogP contribution in [0.5, 0.6) is 5.75 Å². The van der Waals surface area contributed by atoms with Crippen LogP contribution in [0.25, 0.3) is 16.5 Å². The minimum atomic E-state index is -0.201. The molecule has 5 rings (SSSR count). The van der Waals surface area contributed by atoms with Crippen molar-refractivity contribution in [3.8, 4) is 11.4 Å². The van der Waals surface area contributed by atoms with Gasteiger partial charge in [-0.25, -0.2) is 0 Å². The maximum Gasteiger partial charge on any atom is 0.251 e. The lowest BCUT2D eigenvalue weighted by molar-refractivity contribution is 0.0950. The second-order valence-electron chi connectivity index (χ2n) is 8.21. The molecule has 1 heterocycles. The Labute approximate surface area is 228 Å². The van der Waals surface area contributed by atoms with Gasteiger partial charge >= 0.3 is 0 Å². The number of nitrogens with zero attached hydrogens (tertiary/aromatic N) is 3. The van der Waals surface area contributed by atoms with E-state index >= 15 is 0 Å². The van der Waals surface area contributed by atoms with Crippen molar-refractivity contribution in [1.82, 2.24) is 20.1 Å². The van der Waals surface area contributed by atoms with E-state index in [2.05, 4.69) is 15.5 Å². The second kappa shape index (κ2) is 11.3. The van der Waals surface area contributed by atoms with Gasteiger partial charge in [0, 0.05) is 16.3 Å². The van der Waals surface area contributed by atoms with Crippen LogP contribution < -0.4 is 10.1 Å². The molecule has 1 N–H and O–H groups in total. The molecule has 1 aromatic heterocycles. The summed E-state index contributed by atoms with van der Waals surface area (Å²) in [5.41, 5.74) is 2.33. The predicted octanol–water partition coefficient (Wildman–Crippen LogP) is 6.96. The first-order chi connectivity index (χ1) is 18.0. The maximum atomic E-state index is 13.0. The van der Waals surface area contributed by atoms with E-state index in [0.717, 1.165) is 22.1 Å². The third kappa shape index (κ3) is 5.74. The molecule has 186 valence electrons. The Hall–Kier alpha value is -3.52. The maximum absolute atomic E-state index is 13.0. The van der Waals surface area contributed by atoms with Crippen molar-refractivity contribution in [2.45, 2.75) is 17.5 Å². The Kier molecular flexibility index (Phi) is 7.65. The van der Waals surface area contributed by atoms with Crippen molar-refractivity contribution in [3.05, 3.63) is 112 Å². The number of hydrogen-bond donors (Lipinski definition) is 1. The highest BCUT2D eigenvalue weighted by molar-refractivity contribution is 7.98. The summed E-state index contributed by atoms with van der Waals surface area (Å²) in [4.78, 5) is 13.0. The predicted molar refractivity (Wildman–Crippen MR) is 149 cm³/mol. The smallest absolute Gasteiger partial charge is 0.251 e. The third-order valence-corrected chi connectivity index (χ3v) is 7.31. The van der Waals surface area contributed by atoms with E-state index in [4.69, 9.17) is 27.9 Å². The van der Waals surface area contributed by atoms with Crippen molar-refractivity contribution in [2.24, 2.45) is 0 Å². The molecule has 0 aliphatic rings. The summed E-state index contributed by atoms with van der Waals surface area (Å²) in [6.07, 6.45) is 0. The molecule has 0 unspecified atom stereocenters. The van der Waals surface area contributed by atoms with E-state index in [1.807, 2.05) is 77.4 Å². The lowest BCUT2D eigenvalue weighted by Crippen LogP contribution is -2.24. The van der Waals surface area contributed by atoms with Crippen molar-refractivity contribution < 1.29 is 9.53 Å². The number of rotatable bonds is 8. The first-order valence-electron chi connectivity index (χ1n) is 11.4. The summed E-state index contributed by atoms with van der Waals surface area (Å²) in [5.74, 6) is 1.78. The molecule has 6 nitrogen and oxygen atoms in total. The van der Waals surface area contributed by atoms with Crippen molar-refractivity contribution >= 4 is 51.6 Å². The highest BCUT2D eigenvalue weighted by Crippen LogP contribution is 2.31. The van der Waals surface area contributed by atoms with Crippen LogP contribution >= 0.6 is 35.0 Å². The van der Waals surface area contributed by atoms with Crippen LogP contribution in [-0.2, 0) is 12.3 Å². The molecule has 0 bridgehead atoms. The summed E-state index contributed by atoms with van der Waals surface area (Å²) < 4.78 is 7.18. The highest BCUT2D eigenvalue weighted by atomic mass is 35.5. The van der Waals surface area contributed by atoms with Crippen molar-refractivity contribution in [1.29, 1.82) is 0 Å². The van der Waals surface area contributed by atoms with E-state index in [1.165, 1.54) is 11.8 Å². The van der Waals surface area contributed by atoms with Crippen LogP contribution in [0, 0.1) is 0 Å². The molecule has 0 saturated carbocycles. The Morgan fingerprint density at radius 1 is 0.946 bits per heavy atom. The van der Waals surface area contributed by atoms with Gasteiger partial charge in [-0.15, -0.1) is 10.2 Å². The molecule has 5 aromatic rings. The molecule has 0 saturated heterocycles. The zero-order chi connectivity index (χ0) is 25.8. The highest BCUT2D eigenvalue weighted by Gasteiger charge is 2.18. The van der Waals surface area contributed by atoms with Gasteiger partial charge in [-0.3, -0.25) is 9.36 Å². The topological polar surface area (TPSA) is 69.0 Å². The average molecular weight is 549 g/mol. The van der Waals surface area contributed by atoms with Crippen LogP contribution in [0.2, 0.25) is 10.0 Å². The van der Waals surface area contributed by atoms with Gasteiger partial charge in [0.05, 0.1) is 24.4 Å². The number of methoxy groups -OCH3 is 1. The summed E-state index contributed by atoms with van der Waals surface area (Å²) in [5, 5.41) is 15.5. The van der Waals surface area contributed by atoms with Crippen molar-refractivity contribution in [2.75, 3.05) is 7.11 Å². The molecule has 37 heavy (non-hydrogen) atoms. The van der Waals surface area contributed by atoms with E-state index in [-0.39, 0.29) is 12.5 Å². The molecule has 0 spiro atoms. The molecular weight excluding hydrogens is 527 g/mol. The summed E-state index contributed by atoms with van der Waals surface area (Å²) in [6, 6.07) is 26.7. The largest absolute Gasteiger partial charge is 0.497 e. The molecule has 0 aliphatic carbocycles. The normalized spacial score (nSPS) is 11.0. The van der Waals surface area contributed by atoms with E-state index in [0.29, 0.717) is 38.0 Å². The SMILES string of the molecule is COc1cccc(CSc2nnc(CNC(=O)c3ccc4ccccc4c3)n2-c2ccc(Cl)cc2Cl)c1. The molecule has 0 atom stereocenters. The molecule has 4 aromatic carbocycles. The fourth-order valence-corrected chi connectivity index (χ4v) is 5.31. The molecular formula is C28H22Cl2N4O2S. The number of thioether (sulfide) groups is 1. The number of nitrogens with one attached hydrogen (secondary N) is 1. The first kappa shape index (κ1) is 25.1. The van der Waals surface area contributed by atoms with E-state index < -0.39 is 0 Å². The summed E-state index contributed by atoms with van der Waals surface area (Å²) >= 11 is 14.2. The van der Waals surface area contributed by atoms with Crippen LogP contribution in [0.3, 0.4) is 0 Å². The van der Waals surface area contributed by atoms with Crippen LogP contribution in [0.4, 0.5) is 0 Å². The first-order valence-corrected chi connectivity index (χ1v) is 13.2. The van der Waals surface area contributed by atoms with Gasteiger partial charge in [0.1, 0.15) is 5.75 Å². The molecule has 9 heteroatoms. The van der Waals surface area contributed by atoms with E-state index in [9.17, 15) is 4.79 Å². The fraction of sp³-hybridized carbons (Fsp3) is 0.107. The zero-order valence-electron chi connectivity index (χ0n) is 19.8. The lowest BCUT2D eigenvalue weighted by Gasteiger charge is -2.13. The number of halogens is 2. The minimum Gasteiger partial charge on any atom is -0.497 e. The number of fused-ring (bicyclic) bond motifs is 1. The fourth-order valence-electron chi connectivity index (χ4n) is 3.91. The quantitative estimate of drug-likeness (QED) is 0.212. The zero-order valence-corrected chi connectivity index (χ0v) is 22.1. The number of hydrogen-bond acceptors (Lipinski definition) is 5. The van der Waals surface area contributed by atoms with Gasteiger partial charge in [-0.1, -0.05) is 77.4 Å². The third-order valence-electron chi connectivity index (χ3n) is 5.77. The molecule has 0 fully saturated rings. The Morgan fingerprint density at radius 3 is 2.59 bits per heavy atom. The van der Waals surface area contributed by atoms with Crippen LogP contribution in [-0.4, -0.2) is 27.8 Å². The summed E-state index contributed by atoms with van der Waals surface area (Å²) in [7, 11) is 1.64. The monoisotopic (exact) mass is 548 g/mol. The standard InChI is InChI=1S/C28H22Cl2N4O2S/c1-36-23-8-4-5-18(13-23)17-37-28-33-32-26(34(28)25-12-11-22(29)15-24(25)30)16-31-27(35)21-10-9-19-6-2-3-7-20(19)14-21/h2-15H,16-17H2,1H3,(H,31,35). The van der Waals surface area contributed by atoms with Gasteiger partial charge in [0.15, 0.2) is 11.0 Å².